The van der Waals surface area contributed by atoms with Gasteiger partial charge in [0.2, 0.25) is 0 Å². The van der Waals surface area contributed by atoms with Crippen LogP contribution in [0.3, 0.4) is 0 Å². The normalized spacial score (nSPS) is 11.8. The Morgan fingerprint density at radius 2 is 1.84 bits per heavy atom. The van der Waals surface area contributed by atoms with Gasteiger partial charge in [0, 0.05) is 0 Å². The van der Waals surface area contributed by atoms with Gasteiger partial charge < -0.3 is 5.73 Å². The van der Waals surface area contributed by atoms with Gasteiger partial charge in [-0.2, -0.15) is 5.10 Å². The van der Waals surface area contributed by atoms with Crippen LogP contribution in [-0.4, -0.2) is 9.78 Å². The molecule has 0 bridgehead atoms. The number of aromatic nitrogens is 2. The zero-order valence-corrected chi connectivity index (χ0v) is 13.2. The molecule has 2 aromatic rings. The molecule has 1 aromatic heterocycles. The van der Waals surface area contributed by atoms with E-state index < -0.39 is 0 Å². The van der Waals surface area contributed by atoms with E-state index in [0.717, 1.165) is 16.6 Å². The molecule has 0 fully saturated rings. The third-order valence-corrected chi connectivity index (χ3v) is 3.73. The van der Waals surface area contributed by atoms with Crippen molar-refractivity contribution in [2.45, 2.75) is 33.7 Å². The molecule has 0 aliphatic heterocycles. The van der Waals surface area contributed by atoms with Crippen molar-refractivity contribution in [3.8, 4) is 0 Å². The molecule has 2 N–H and O–H groups in total. The van der Waals surface area contributed by atoms with Crippen LogP contribution in [0.2, 0.25) is 0 Å². The molecule has 19 heavy (non-hydrogen) atoms. The van der Waals surface area contributed by atoms with Gasteiger partial charge in [0.1, 0.15) is 5.82 Å². The van der Waals surface area contributed by atoms with E-state index in [1.54, 1.807) is 0 Å². The first-order valence-corrected chi connectivity index (χ1v) is 7.21. The highest BCUT2D eigenvalue weighted by atomic mass is 79.9. The fourth-order valence-corrected chi connectivity index (χ4v) is 2.42. The van der Waals surface area contributed by atoms with Crippen LogP contribution in [0.15, 0.2) is 34.8 Å². The van der Waals surface area contributed by atoms with Crippen LogP contribution in [0.4, 0.5) is 5.82 Å². The summed E-state index contributed by atoms with van der Waals surface area (Å²) in [4.78, 5) is 0. The number of hydrogen-bond acceptors (Lipinski definition) is 2. The molecule has 0 atom stereocenters. The summed E-state index contributed by atoms with van der Waals surface area (Å²) in [6.45, 7) is 7.30. The maximum absolute atomic E-state index is 6.12. The van der Waals surface area contributed by atoms with E-state index >= 15 is 0 Å². The molecule has 0 saturated heterocycles. The molecule has 0 amide bonds. The van der Waals surface area contributed by atoms with Crippen LogP contribution in [0.25, 0.3) is 0 Å². The maximum Gasteiger partial charge on any atom is 0.136 e. The van der Waals surface area contributed by atoms with E-state index in [-0.39, 0.29) is 5.41 Å². The molecular weight excluding hydrogens is 302 g/mol. The van der Waals surface area contributed by atoms with Crippen LogP contribution in [-0.2, 0) is 13.0 Å². The number of anilines is 1. The Balaban J connectivity index is 2.25. The summed E-state index contributed by atoms with van der Waals surface area (Å²) in [5.41, 5.74) is 8.55. The number of halogens is 1. The van der Waals surface area contributed by atoms with Gasteiger partial charge in [-0.1, -0.05) is 51.1 Å². The summed E-state index contributed by atoms with van der Waals surface area (Å²) in [7, 11) is 0. The molecule has 2 rings (SSSR count). The predicted molar refractivity (Wildman–Crippen MR) is 83.0 cm³/mol. The monoisotopic (exact) mass is 321 g/mol. The Bertz CT molecular complexity index is 553. The molecule has 102 valence electrons. The predicted octanol–water partition coefficient (Wildman–Crippen LogP) is 3.86. The highest BCUT2D eigenvalue weighted by Crippen LogP contribution is 2.29. The van der Waals surface area contributed by atoms with Crippen molar-refractivity contribution in [2.75, 3.05) is 5.73 Å². The van der Waals surface area contributed by atoms with Crippen molar-refractivity contribution in [2.24, 2.45) is 5.41 Å². The lowest BCUT2D eigenvalue weighted by Crippen LogP contribution is -2.11. The summed E-state index contributed by atoms with van der Waals surface area (Å²) in [5.74, 6) is 0.697. The van der Waals surface area contributed by atoms with E-state index in [1.165, 1.54) is 5.56 Å². The van der Waals surface area contributed by atoms with Gasteiger partial charge in [0.25, 0.3) is 0 Å². The lowest BCUT2D eigenvalue weighted by Gasteiger charge is -2.16. The topological polar surface area (TPSA) is 43.8 Å². The second-order valence-electron chi connectivity index (χ2n) is 6.03. The third-order valence-electron chi connectivity index (χ3n) is 2.87. The zero-order valence-electron chi connectivity index (χ0n) is 11.7. The van der Waals surface area contributed by atoms with E-state index in [2.05, 4.69) is 53.9 Å². The maximum atomic E-state index is 6.12. The number of hydrogen-bond donors (Lipinski definition) is 1. The quantitative estimate of drug-likeness (QED) is 0.932. The van der Waals surface area contributed by atoms with Gasteiger partial charge in [0.05, 0.1) is 16.7 Å². The zero-order chi connectivity index (χ0) is 14.0. The molecule has 0 spiro atoms. The number of benzene rings is 1. The number of nitrogen functional groups attached to an aromatic ring is 1. The molecule has 3 nitrogen and oxygen atoms in total. The van der Waals surface area contributed by atoms with Crippen LogP contribution in [0, 0.1) is 5.41 Å². The lowest BCUT2D eigenvalue weighted by atomic mass is 9.91. The minimum atomic E-state index is 0.195. The SMILES string of the molecule is CC(C)(C)Cc1nn(Cc2ccccc2)c(N)c1Br. The van der Waals surface area contributed by atoms with Crippen LogP contribution in [0.1, 0.15) is 32.0 Å². The van der Waals surface area contributed by atoms with E-state index in [1.807, 2.05) is 22.9 Å². The molecule has 0 unspecified atom stereocenters. The number of nitrogens with zero attached hydrogens (tertiary/aromatic N) is 2. The smallest absolute Gasteiger partial charge is 0.136 e. The Morgan fingerprint density at radius 1 is 1.21 bits per heavy atom. The highest BCUT2D eigenvalue weighted by molar-refractivity contribution is 9.10. The summed E-state index contributed by atoms with van der Waals surface area (Å²) in [6, 6.07) is 10.2. The molecular formula is C15H20BrN3. The Kier molecular flexibility index (Phi) is 3.99. The summed E-state index contributed by atoms with van der Waals surface area (Å²) in [6.07, 6.45) is 0.902. The fraction of sp³-hybridized carbons (Fsp3) is 0.400. The van der Waals surface area contributed by atoms with Crippen LogP contribution in [0.5, 0.6) is 0 Å². The standard InChI is InChI=1S/C15H20BrN3/c1-15(2,3)9-12-13(16)14(17)19(18-12)10-11-7-5-4-6-8-11/h4-8H,9-10,17H2,1-3H3. The molecule has 1 heterocycles. The van der Waals surface area contributed by atoms with E-state index in [0.29, 0.717) is 12.4 Å². The van der Waals surface area contributed by atoms with Crippen molar-refractivity contribution >= 4 is 21.7 Å². The molecule has 1 aromatic carbocycles. The molecule has 0 aliphatic carbocycles. The van der Waals surface area contributed by atoms with Gasteiger partial charge in [-0.15, -0.1) is 0 Å². The minimum absolute atomic E-state index is 0.195. The van der Waals surface area contributed by atoms with E-state index in [9.17, 15) is 0 Å². The summed E-state index contributed by atoms with van der Waals surface area (Å²) >= 11 is 3.56. The highest BCUT2D eigenvalue weighted by Gasteiger charge is 2.19. The molecule has 4 heteroatoms. The largest absolute Gasteiger partial charge is 0.383 e. The van der Waals surface area contributed by atoms with Gasteiger partial charge >= 0.3 is 0 Å². The van der Waals surface area contributed by atoms with Crippen LogP contribution < -0.4 is 5.73 Å². The average molecular weight is 322 g/mol. The van der Waals surface area contributed by atoms with Gasteiger partial charge in [0.15, 0.2) is 0 Å². The lowest BCUT2D eigenvalue weighted by molar-refractivity contribution is 0.403. The molecule has 0 radical (unpaired) electrons. The van der Waals surface area contributed by atoms with Crippen molar-refractivity contribution < 1.29 is 0 Å². The van der Waals surface area contributed by atoms with Crippen molar-refractivity contribution in [1.29, 1.82) is 0 Å². The summed E-state index contributed by atoms with van der Waals surface area (Å²) < 4.78 is 2.79. The van der Waals surface area contributed by atoms with Gasteiger partial charge in [-0.25, -0.2) is 4.68 Å². The van der Waals surface area contributed by atoms with Crippen molar-refractivity contribution in [1.82, 2.24) is 9.78 Å². The Morgan fingerprint density at radius 3 is 2.42 bits per heavy atom. The Hall–Kier alpha value is -1.29. The van der Waals surface area contributed by atoms with Gasteiger partial charge in [-0.3, -0.25) is 0 Å². The summed E-state index contributed by atoms with van der Waals surface area (Å²) in [5, 5.41) is 4.63. The first-order chi connectivity index (χ1) is 8.87. The van der Waals surface area contributed by atoms with Crippen molar-refractivity contribution in [3.05, 3.63) is 46.1 Å². The van der Waals surface area contributed by atoms with E-state index in [4.69, 9.17) is 5.73 Å². The molecule has 0 saturated carbocycles. The van der Waals surface area contributed by atoms with Gasteiger partial charge in [-0.05, 0) is 33.3 Å². The number of nitrogens with two attached hydrogens (primary N) is 1. The second kappa shape index (κ2) is 5.37. The first kappa shape index (κ1) is 14.1. The fourth-order valence-electron chi connectivity index (χ4n) is 2.00. The average Bonchev–Trinajstić information content (AvgIpc) is 2.57. The Labute approximate surface area is 122 Å². The first-order valence-electron chi connectivity index (χ1n) is 6.41. The third kappa shape index (κ3) is 3.60. The van der Waals surface area contributed by atoms with Crippen LogP contribution >= 0.6 is 15.9 Å². The number of rotatable bonds is 3. The molecule has 0 aliphatic rings. The van der Waals surface area contributed by atoms with Crippen molar-refractivity contribution in [3.63, 3.8) is 0 Å². The minimum Gasteiger partial charge on any atom is -0.383 e. The second-order valence-corrected chi connectivity index (χ2v) is 6.82.